The van der Waals surface area contributed by atoms with E-state index in [-0.39, 0.29) is 30.7 Å². The molecule has 0 fully saturated rings. The van der Waals surface area contributed by atoms with Crippen molar-refractivity contribution in [2.24, 2.45) is 5.73 Å². The standard InChI is InChI=1S/C19H29N5O6/c1-19(2,3)30-18(27)21-9-12(13(28-4)7-8-20)24(11-25)15-6-5-14-17(22-15)23-16(26)10-29-14/h5-6,11-13H,7-10,20H2,1-4H3,(H,21,27)(H,22,23,26)/t12-,13?/m0/s1. The van der Waals surface area contributed by atoms with E-state index >= 15 is 0 Å². The summed E-state index contributed by atoms with van der Waals surface area (Å²) in [4.78, 5) is 41.4. The van der Waals surface area contributed by atoms with Crippen LogP contribution in [-0.4, -0.2) is 67.9 Å². The summed E-state index contributed by atoms with van der Waals surface area (Å²) in [5.41, 5.74) is 5.02. The number of carbonyl (C=O) groups is 3. The number of nitrogens with zero attached hydrogens (tertiary/aromatic N) is 2. The molecule has 0 aliphatic carbocycles. The zero-order valence-corrected chi connectivity index (χ0v) is 17.6. The molecule has 0 aromatic carbocycles. The summed E-state index contributed by atoms with van der Waals surface area (Å²) >= 11 is 0. The predicted molar refractivity (Wildman–Crippen MR) is 109 cm³/mol. The van der Waals surface area contributed by atoms with Crippen molar-refractivity contribution < 1.29 is 28.6 Å². The summed E-state index contributed by atoms with van der Waals surface area (Å²) in [6, 6.07) is 2.56. The molecule has 2 rings (SSSR count). The van der Waals surface area contributed by atoms with Crippen molar-refractivity contribution in [2.45, 2.75) is 44.9 Å². The lowest BCUT2D eigenvalue weighted by atomic mass is 10.1. The highest BCUT2D eigenvalue weighted by Gasteiger charge is 2.30. The summed E-state index contributed by atoms with van der Waals surface area (Å²) in [6.45, 7) is 5.50. The largest absolute Gasteiger partial charge is 0.480 e. The molecular weight excluding hydrogens is 394 g/mol. The van der Waals surface area contributed by atoms with Crippen LogP contribution in [0.4, 0.5) is 16.4 Å². The van der Waals surface area contributed by atoms with E-state index in [1.54, 1.807) is 32.9 Å². The highest BCUT2D eigenvalue weighted by Crippen LogP contribution is 2.29. The first-order chi connectivity index (χ1) is 14.2. The Hall–Kier alpha value is -2.92. The van der Waals surface area contributed by atoms with Gasteiger partial charge in [-0.2, -0.15) is 0 Å². The van der Waals surface area contributed by atoms with Crippen LogP contribution in [0.3, 0.4) is 0 Å². The molecule has 1 aliphatic heterocycles. The molecule has 0 radical (unpaired) electrons. The normalized spacial score (nSPS) is 15.2. The number of nitrogens with two attached hydrogens (primary N) is 1. The molecule has 4 N–H and O–H groups in total. The molecular formula is C19H29N5O6. The molecule has 2 atom stereocenters. The average Bonchev–Trinajstić information content (AvgIpc) is 2.67. The van der Waals surface area contributed by atoms with Gasteiger partial charge in [-0.05, 0) is 45.9 Å². The molecule has 30 heavy (non-hydrogen) atoms. The highest BCUT2D eigenvalue weighted by molar-refractivity contribution is 5.94. The van der Waals surface area contributed by atoms with Gasteiger partial charge in [0.15, 0.2) is 18.2 Å². The van der Waals surface area contributed by atoms with Gasteiger partial charge in [0.25, 0.3) is 5.91 Å². The number of ether oxygens (including phenoxy) is 3. The number of amides is 3. The molecule has 3 amide bonds. The summed E-state index contributed by atoms with van der Waals surface area (Å²) in [5.74, 6) is 0.524. The molecule has 1 aromatic rings. The average molecular weight is 423 g/mol. The number of nitrogens with one attached hydrogen (secondary N) is 2. The molecule has 1 unspecified atom stereocenters. The topological polar surface area (TPSA) is 145 Å². The Morgan fingerprint density at radius 1 is 1.47 bits per heavy atom. The van der Waals surface area contributed by atoms with Gasteiger partial charge in [0, 0.05) is 13.7 Å². The van der Waals surface area contributed by atoms with Crippen LogP contribution in [-0.2, 0) is 19.1 Å². The number of alkyl carbamates (subject to hydrolysis) is 1. The van der Waals surface area contributed by atoms with Crippen LogP contribution in [0.25, 0.3) is 0 Å². The second-order valence-electron chi connectivity index (χ2n) is 7.67. The van der Waals surface area contributed by atoms with E-state index in [9.17, 15) is 14.4 Å². The van der Waals surface area contributed by atoms with Gasteiger partial charge in [0.1, 0.15) is 11.4 Å². The van der Waals surface area contributed by atoms with Crippen LogP contribution < -0.4 is 26.0 Å². The summed E-state index contributed by atoms with van der Waals surface area (Å²) in [5, 5.41) is 5.27. The third-order valence-corrected chi connectivity index (χ3v) is 4.23. The minimum atomic E-state index is -0.667. The fourth-order valence-corrected chi connectivity index (χ4v) is 2.94. The Kier molecular flexibility index (Phi) is 7.95. The lowest BCUT2D eigenvalue weighted by Crippen LogP contribution is -2.52. The van der Waals surface area contributed by atoms with E-state index in [2.05, 4.69) is 15.6 Å². The fourth-order valence-electron chi connectivity index (χ4n) is 2.94. The molecule has 166 valence electrons. The van der Waals surface area contributed by atoms with Gasteiger partial charge in [-0.1, -0.05) is 0 Å². The molecule has 11 nitrogen and oxygen atoms in total. The first-order valence-electron chi connectivity index (χ1n) is 9.55. The molecule has 0 saturated heterocycles. The summed E-state index contributed by atoms with van der Waals surface area (Å²) in [6.07, 6.45) is -0.0879. The molecule has 1 aliphatic rings. The van der Waals surface area contributed by atoms with E-state index in [1.165, 1.54) is 12.0 Å². The second-order valence-corrected chi connectivity index (χ2v) is 7.67. The molecule has 0 spiro atoms. The SMILES string of the molecule is COC(CCN)[C@H](CNC(=O)OC(C)(C)C)N(C=O)c1ccc2c(n1)NC(=O)CO2. The quantitative estimate of drug-likeness (QED) is 0.491. The first kappa shape index (κ1) is 23.4. The van der Waals surface area contributed by atoms with Crippen molar-refractivity contribution in [3.05, 3.63) is 12.1 Å². The van der Waals surface area contributed by atoms with E-state index in [1.807, 2.05) is 0 Å². The van der Waals surface area contributed by atoms with Crippen molar-refractivity contribution in [1.82, 2.24) is 10.3 Å². The number of pyridine rings is 1. The maximum absolute atomic E-state index is 12.1. The molecule has 0 saturated carbocycles. The van der Waals surface area contributed by atoms with Gasteiger partial charge in [-0.3, -0.25) is 14.5 Å². The number of rotatable bonds is 9. The van der Waals surface area contributed by atoms with Crippen molar-refractivity contribution in [2.75, 3.05) is 37.0 Å². The van der Waals surface area contributed by atoms with Gasteiger partial charge in [0.2, 0.25) is 6.41 Å². The Morgan fingerprint density at radius 2 is 2.20 bits per heavy atom. The van der Waals surface area contributed by atoms with Gasteiger partial charge >= 0.3 is 6.09 Å². The first-order valence-corrected chi connectivity index (χ1v) is 9.55. The van der Waals surface area contributed by atoms with E-state index in [4.69, 9.17) is 19.9 Å². The number of anilines is 2. The van der Waals surface area contributed by atoms with Gasteiger partial charge in [-0.15, -0.1) is 0 Å². The minimum Gasteiger partial charge on any atom is -0.480 e. The van der Waals surface area contributed by atoms with Crippen molar-refractivity contribution in [1.29, 1.82) is 0 Å². The Bertz CT molecular complexity index is 766. The molecule has 0 bridgehead atoms. The third-order valence-electron chi connectivity index (χ3n) is 4.23. The lowest BCUT2D eigenvalue weighted by molar-refractivity contribution is -0.118. The highest BCUT2D eigenvalue weighted by atomic mass is 16.6. The maximum Gasteiger partial charge on any atom is 0.407 e. The number of hydrogen-bond donors (Lipinski definition) is 3. The van der Waals surface area contributed by atoms with Crippen molar-refractivity contribution in [3.63, 3.8) is 0 Å². The van der Waals surface area contributed by atoms with Crippen LogP contribution in [0.1, 0.15) is 27.2 Å². The van der Waals surface area contributed by atoms with Crippen LogP contribution >= 0.6 is 0 Å². The van der Waals surface area contributed by atoms with Crippen LogP contribution in [0, 0.1) is 0 Å². The van der Waals surface area contributed by atoms with Gasteiger partial charge < -0.3 is 30.6 Å². The van der Waals surface area contributed by atoms with E-state index in [0.29, 0.717) is 25.1 Å². The van der Waals surface area contributed by atoms with Crippen LogP contribution in [0.2, 0.25) is 0 Å². The predicted octanol–water partition coefficient (Wildman–Crippen LogP) is 0.632. The van der Waals surface area contributed by atoms with E-state index < -0.39 is 23.8 Å². The maximum atomic E-state index is 12.1. The zero-order chi connectivity index (χ0) is 22.3. The Balaban J connectivity index is 2.28. The van der Waals surface area contributed by atoms with Crippen molar-refractivity contribution >= 4 is 30.0 Å². The smallest absolute Gasteiger partial charge is 0.407 e. The third kappa shape index (κ3) is 6.29. The van der Waals surface area contributed by atoms with Gasteiger partial charge in [-0.25, -0.2) is 9.78 Å². The van der Waals surface area contributed by atoms with Crippen LogP contribution in [0.5, 0.6) is 5.75 Å². The second kappa shape index (κ2) is 10.2. The fraction of sp³-hybridized carbons (Fsp3) is 0.579. The molecule has 2 heterocycles. The molecule has 1 aromatic heterocycles. The lowest BCUT2D eigenvalue weighted by Gasteiger charge is -2.34. The number of methoxy groups -OCH3 is 1. The summed E-state index contributed by atoms with van der Waals surface area (Å²) < 4.78 is 16.1. The zero-order valence-electron chi connectivity index (χ0n) is 17.6. The molecule has 11 heteroatoms. The number of carbonyl (C=O) groups excluding carboxylic acids is 3. The van der Waals surface area contributed by atoms with Crippen molar-refractivity contribution in [3.8, 4) is 5.75 Å². The monoisotopic (exact) mass is 423 g/mol. The summed E-state index contributed by atoms with van der Waals surface area (Å²) in [7, 11) is 1.50. The Labute approximate surface area is 175 Å². The number of fused-ring (bicyclic) bond motifs is 1. The van der Waals surface area contributed by atoms with E-state index in [0.717, 1.165) is 0 Å². The number of aromatic nitrogens is 1. The Morgan fingerprint density at radius 3 is 2.80 bits per heavy atom. The number of hydrogen-bond acceptors (Lipinski definition) is 8. The minimum absolute atomic E-state index is 0.0355. The van der Waals surface area contributed by atoms with Gasteiger partial charge in [0.05, 0.1) is 12.1 Å². The van der Waals surface area contributed by atoms with Crippen LogP contribution in [0.15, 0.2) is 12.1 Å².